The summed E-state index contributed by atoms with van der Waals surface area (Å²) < 4.78 is 5.26. The monoisotopic (exact) mass is 443 g/mol. The Hall–Kier alpha value is -2.71. The van der Waals surface area contributed by atoms with Gasteiger partial charge in [-0.05, 0) is 38.8 Å². The van der Waals surface area contributed by atoms with E-state index in [2.05, 4.69) is 5.32 Å². The molecule has 1 aliphatic rings. The molecule has 0 aliphatic carbocycles. The maximum Gasteiger partial charge on any atom is 0.341 e. The van der Waals surface area contributed by atoms with Gasteiger partial charge in [-0.25, -0.2) is 4.79 Å². The van der Waals surface area contributed by atoms with Gasteiger partial charge < -0.3 is 15.0 Å². The van der Waals surface area contributed by atoms with Gasteiger partial charge in [0, 0.05) is 25.0 Å². The Morgan fingerprint density at radius 3 is 2.58 bits per heavy atom. The molecule has 7 nitrogen and oxygen atoms in total. The molecule has 1 aromatic heterocycles. The maximum atomic E-state index is 12.8. The SMILES string of the molecule is CCOC(=O)c1c(-c2ccc(C)cc2)csc1NC(=O)CN1CCC[C@@H]1C(=O)N(C)C. The van der Waals surface area contributed by atoms with Crippen molar-refractivity contribution in [3.05, 3.63) is 40.8 Å². The molecule has 2 amide bonds. The lowest BCUT2D eigenvalue weighted by molar-refractivity contribution is -0.133. The summed E-state index contributed by atoms with van der Waals surface area (Å²) in [4.78, 5) is 41.4. The summed E-state index contributed by atoms with van der Waals surface area (Å²) in [5.41, 5.74) is 3.12. The normalized spacial score (nSPS) is 16.2. The lowest BCUT2D eigenvalue weighted by Gasteiger charge is -2.25. The Balaban J connectivity index is 1.80. The van der Waals surface area contributed by atoms with Gasteiger partial charge in [-0.3, -0.25) is 14.5 Å². The van der Waals surface area contributed by atoms with Crippen LogP contribution in [0.25, 0.3) is 11.1 Å². The smallest absolute Gasteiger partial charge is 0.341 e. The second kappa shape index (κ2) is 10.1. The number of esters is 1. The van der Waals surface area contributed by atoms with Crippen molar-refractivity contribution < 1.29 is 19.1 Å². The van der Waals surface area contributed by atoms with E-state index in [-0.39, 0.29) is 31.0 Å². The number of thiophene rings is 1. The van der Waals surface area contributed by atoms with Crippen LogP contribution in [0, 0.1) is 6.92 Å². The van der Waals surface area contributed by atoms with E-state index >= 15 is 0 Å². The van der Waals surface area contributed by atoms with Crippen LogP contribution in [-0.4, -0.2) is 67.4 Å². The fraction of sp³-hybridized carbons (Fsp3) is 0.435. The third kappa shape index (κ3) is 5.32. The first-order chi connectivity index (χ1) is 14.8. The highest BCUT2D eigenvalue weighted by atomic mass is 32.1. The van der Waals surface area contributed by atoms with E-state index in [4.69, 9.17) is 4.74 Å². The average Bonchev–Trinajstić information content (AvgIpc) is 3.35. The summed E-state index contributed by atoms with van der Waals surface area (Å²) in [5.74, 6) is -0.701. The fourth-order valence-corrected chi connectivity index (χ4v) is 4.72. The Bertz CT molecular complexity index is 952. The molecule has 2 aromatic rings. The maximum absolute atomic E-state index is 12.8. The van der Waals surface area contributed by atoms with Crippen molar-refractivity contribution in [3.63, 3.8) is 0 Å². The van der Waals surface area contributed by atoms with Crippen LogP contribution in [0.3, 0.4) is 0 Å². The molecule has 3 rings (SSSR count). The van der Waals surface area contributed by atoms with Crippen molar-refractivity contribution in [3.8, 4) is 11.1 Å². The zero-order chi connectivity index (χ0) is 22.5. The topological polar surface area (TPSA) is 79.0 Å². The van der Waals surface area contributed by atoms with E-state index in [0.29, 0.717) is 17.1 Å². The number of likely N-dealkylation sites (N-methyl/N-ethyl adjacent to an activating group) is 1. The second-order valence-corrected chi connectivity index (χ2v) is 8.73. The van der Waals surface area contributed by atoms with Crippen molar-refractivity contribution in [2.24, 2.45) is 0 Å². The first-order valence-corrected chi connectivity index (χ1v) is 11.3. The molecule has 0 spiro atoms. The van der Waals surface area contributed by atoms with Gasteiger partial charge in [-0.2, -0.15) is 0 Å². The Labute approximate surface area is 187 Å². The molecule has 1 saturated heterocycles. The second-order valence-electron chi connectivity index (χ2n) is 7.85. The number of carbonyl (C=O) groups is 3. The summed E-state index contributed by atoms with van der Waals surface area (Å²) in [6, 6.07) is 7.59. The summed E-state index contributed by atoms with van der Waals surface area (Å²) in [5, 5.41) is 5.21. The van der Waals surface area contributed by atoms with E-state index in [1.165, 1.54) is 11.3 Å². The molecule has 31 heavy (non-hydrogen) atoms. The van der Waals surface area contributed by atoms with Crippen LogP contribution in [0.15, 0.2) is 29.6 Å². The zero-order valence-electron chi connectivity index (χ0n) is 18.4. The van der Waals surface area contributed by atoms with Gasteiger partial charge >= 0.3 is 5.97 Å². The molecule has 1 aliphatic heterocycles. The molecular weight excluding hydrogens is 414 g/mol. The number of benzene rings is 1. The molecule has 166 valence electrons. The molecule has 1 fully saturated rings. The van der Waals surface area contributed by atoms with E-state index in [9.17, 15) is 14.4 Å². The molecule has 0 unspecified atom stereocenters. The van der Waals surface area contributed by atoms with Crippen molar-refractivity contribution in [1.82, 2.24) is 9.80 Å². The van der Waals surface area contributed by atoms with Crippen LogP contribution in [0.5, 0.6) is 0 Å². The fourth-order valence-electron chi connectivity index (χ4n) is 3.75. The van der Waals surface area contributed by atoms with Crippen LogP contribution in [0.4, 0.5) is 5.00 Å². The third-order valence-corrected chi connectivity index (χ3v) is 6.22. The number of amides is 2. The summed E-state index contributed by atoms with van der Waals surface area (Å²) in [6.45, 7) is 4.80. The number of hydrogen-bond donors (Lipinski definition) is 1. The highest BCUT2D eigenvalue weighted by Gasteiger charge is 2.33. The largest absolute Gasteiger partial charge is 0.462 e. The van der Waals surface area contributed by atoms with Gasteiger partial charge in [0.2, 0.25) is 11.8 Å². The number of ether oxygens (including phenoxy) is 1. The van der Waals surface area contributed by atoms with Crippen molar-refractivity contribution in [2.45, 2.75) is 32.7 Å². The number of hydrogen-bond acceptors (Lipinski definition) is 6. The highest BCUT2D eigenvalue weighted by molar-refractivity contribution is 7.15. The summed E-state index contributed by atoms with van der Waals surface area (Å²) in [6.07, 6.45) is 1.62. The number of nitrogens with one attached hydrogen (secondary N) is 1. The van der Waals surface area contributed by atoms with E-state index in [1.54, 1.807) is 25.9 Å². The first-order valence-electron chi connectivity index (χ1n) is 10.4. The summed E-state index contributed by atoms with van der Waals surface area (Å²) >= 11 is 1.30. The van der Waals surface area contributed by atoms with Crippen molar-refractivity contribution in [2.75, 3.05) is 39.1 Å². The van der Waals surface area contributed by atoms with Gasteiger partial charge in [-0.1, -0.05) is 29.8 Å². The quantitative estimate of drug-likeness (QED) is 0.664. The van der Waals surface area contributed by atoms with Crippen LogP contribution >= 0.6 is 11.3 Å². The average molecular weight is 444 g/mol. The minimum Gasteiger partial charge on any atom is -0.462 e. The van der Waals surface area contributed by atoms with Crippen LogP contribution in [0.1, 0.15) is 35.7 Å². The van der Waals surface area contributed by atoms with E-state index in [0.717, 1.165) is 29.5 Å². The predicted molar refractivity (Wildman–Crippen MR) is 122 cm³/mol. The highest BCUT2D eigenvalue weighted by Crippen LogP contribution is 2.36. The molecule has 1 aromatic carbocycles. The lowest BCUT2D eigenvalue weighted by atomic mass is 10.0. The summed E-state index contributed by atoms with van der Waals surface area (Å²) in [7, 11) is 3.45. The van der Waals surface area contributed by atoms with Gasteiger partial charge in [0.15, 0.2) is 0 Å². The van der Waals surface area contributed by atoms with Gasteiger partial charge in [0.1, 0.15) is 10.6 Å². The Kier molecular flexibility index (Phi) is 7.46. The molecule has 8 heteroatoms. The van der Waals surface area contributed by atoms with Crippen molar-refractivity contribution in [1.29, 1.82) is 0 Å². The van der Waals surface area contributed by atoms with Crippen LogP contribution < -0.4 is 5.32 Å². The number of carbonyl (C=O) groups excluding carboxylic acids is 3. The van der Waals surface area contributed by atoms with Crippen LogP contribution in [0.2, 0.25) is 0 Å². The third-order valence-electron chi connectivity index (χ3n) is 5.32. The molecule has 2 heterocycles. The molecule has 0 radical (unpaired) electrons. The molecule has 1 atom stereocenters. The standard InChI is InChI=1S/C23H29N3O4S/c1-5-30-23(29)20-17(16-10-8-15(2)9-11-16)14-31-21(20)24-19(27)13-26-12-6-7-18(26)22(28)25(3)4/h8-11,14,18H,5-7,12-13H2,1-4H3,(H,24,27)/t18-/m1/s1. The molecule has 0 saturated carbocycles. The molecular formula is C23H29N3O4S. The number of nitrogens with zero attached hydrogens (tertiary/aromatic N) is 2. The lowest BCUT2D eigenvalue weighted by Crippen LogP contribution is -2.45. The number of anilines is 1. The minimum absolute atomic E-state index is 0.00953. The van der Waals surface area contributed by atoms with Gasteiger partial charge in [0.25, 0.3) is 0 Å². The minimum atomic E-state index is -0.462. The Morgan fingerprint density at radius 2 is 1.94 bits per heavy atom. The number of likely N-dealkylation sites (tertiary alicyclic amines) is 1. The number of aryl methyl sites for hydroxylation is 1. The number of rotatable bonds is 7. The van der Waals surface area contributed by atoms with E-state index < -0.39 is 5.97 Å². The predicted octanol–water partition coefficient (Wildman–Crippen LogP) is 3.39. The molecule has 0 bridgehead atoms. The van der Waals surface area contributed by atoms with Gasteiger partial charge in [-0.15, -0.1) is 11.3 Å². The van der Waals surface area contributed by atoms with Crippen LogP contribution in [-0.2, 0) is 14.3 Å². The van der Waals surface area contributed by atoms with E-state index in [1.807, 2.05) is 41.5 Å². The first kappa shape index (κ1) is 23.0. The van der Waals surface area contributed by atoms with Gasteiger partial charge in [0.05, 0.1) is 19.2 Å². The Morgan fingerprint density at radius 1 is 1.23 bits per heavy atom. The zero-order valence-corrected chi connectivity index (χ0v) is 19.3. The molecule has 1 N–H and O–H groups in total. The van der Waals surface area contributed by atoms with Crippen molar-refractivity contribution >= 4 is 34.1 Å².